The monoisotopic (exact) mass is 372 g/mol. The van der Waals surface area contributed by atoms with Crippen molar-refractivity contribution in [1.29, 1.82) is 0 Å². The highest BCUT2D eigenvalue weighted by Gasteiger charge is 2.36. The summed E-state index contributed by atoms with van der Waals surface area (Å²) in [5.41, 5.74) is 2.28. The molecule has 1 fully saturated rings. The summed E-state index contributed by atoms with van der Waals surface area (Å²) in [4.78, 5) is 32.7. The number of nitrogens with one attached hydrogen (secondary N) is 2. The van der Waals surface area contributed by atoms with Crippen LogP contribution < -0.4 is 10.1 Å². The maximum atomic E-state index is 13.2. The van der Waals surface area contributed by atoms with Crippen LogP contribution in [-0.4, -0.2) is 72.5 Å². The number of aromatic amines is 1. The highest BCUT2D eigenvalue weighted by Crippen LogP contribution is 2.30. The summed E-state index contributed by atoms with van der Waals surface area (Å²) in [7, 11) is 3.25. The van der Waals surface area contributed by atoms with Crippen LogP contribution in [0.15, 0.2) is 18.2 Å². The van der Waals surface area contributed by atoms with Crippen molar-refractivity contribution in [3.8, 4) is 5.75 Å². The minimum absolute atomic E-state index is 0.0590. The molecule has 7 heteroatoms. The van der Waals surface area contributed by atoms with Crippen LogP contribution in [0.5, 0.6) is 5.75 Å². The van der Waals surface area contributed by atoms with Gasteiger partial charge in [0, 0.05) is 38.1 Å². The van der Waals surface area contributed by atoms with E-state index in [1.165, 1.54) is 0 Å². The highest BCUT2D eigenvalue weighted by atomic mass is 16.5. The number of carbonyl (C=O) groups excluding carboxylic acids is 2. The second kappa shape index (κ2) is 7.60. The van der Waals surface area contributed by atoms with Crippen molar-refractivity contribution < 1.29 is 14.3 Å². The van der Waals surface area contributed by atoms with Gasteiger partial charge in [0.05, 0.1) is 12.6 Å². The van der Waals surface area contributed by atoms with Gasteiger partial charge >= 0.3 is 0 Å². The molecular weight excluding hydrogens is 344 g/mol. The van der Waals surface area contributed by atoms with Crippen LogP contribution in [0.2, 0.25) is 0 Å². The van der Waals surface area contributed by atoms with Crippen LogP contribution >= 0.6 is 0 Å². The van der Waals surface area contributed by atoms with Gasteiger partial charge in [-0.1, -0.05) is 12.1 Å². The van der Waals surface area contributed by atoms with Gasteiger partial charge in [0.25, 0.3) is 5.91 Å². The molecule has 1 unspecified atom stereocenters. The van der Waals surface area contributed by atoms with Crippen molar-refractivity contribution in [2.45, 2.75) is 32.9 Å². The molecule has 1 saturated heterocycles. The average molecular weight is 372 g/mol. The number of ether oxygens (including phenoxy) is 1. The van der Waals surface area contributed by atoms with E-state index in [0.717, 1.165) is 16.5 Å². The van der Waals surface area contributed by atoms with Gasteiger partial charge in [-0.2, -0.15) is 0 Å². The van der Waals surface area contributed by atoms with Crippen molar-refractivity contribution in [2.75, 3.05) is 33.8 Å². The summed E-state index contributed by atoms with van der Waals surface area (Å²) in [6.45, 7) is 7.72. The molecule has 1 atom stereocenters. The number of para-hydroxylation sites is 1. The molecule has 0 bridgehead atoms. The number of nitrogens with zero attached hydrogens (tertiary/aromatic N) is 2. The van der Waals surface area contributed by atoms with Gasteiger partial charge in [0.1, 0.15) is 17.5 Å². The molecule has 0 saturated carbocycles. The van der Waals surface area contributed by atoms with Crippen molar-refractivity contribution in [2.24, 2.45) is 0 Å². The van der Waals surface area contributed by atoms with Gasteiger partial charge in [-0.15, -0.1) is 0 Å². The topological polar surface area (TPSA) is 77.7 Å². The summed E-state index contributed by atoms with van der Waals surface area (Å²) < 4.78 is 5.41. The SMILES string of the molecule is CNC(=O)C1CN(C(=O)c2[nH]c3c(OC)cccc3c2C)CCN1C(C)C. The van der Waals surface area contributed by atoms with E-state index in [2.05, 4.69) is 29.0 Å². The fourth-order valence-corrected chi connectivity index (χ4v) is 3.87. The van der Waals surface area contributed by atoms with Gasteiger partial charge in [-0.05, 0) is 32.4 Å². The lowest BCUT2D eigenvalue weighted by atomic mass is 10.1. The number of aryl methyl sites for hydroxylation is 1. The van der Waals surface area contributed by atoms with Gasteiger partial charge in [0.2, 0.25) is 5.91 Å². The average Bonchev–Trinajstić information content (AvgIpc) is 3.03. The second-order valence-corrected chi connectivity index (χ2v) is 7.22. The lowest BCUT2D eigenvalue weighted by molar-refractivity contribution is -0.128. The predicted octanol–water partition coefficient (Wildman–Crippen LogP) is 1.77. The van der Waals surface area contributed by atoms with E-state index in [4.69, 9.17) is 4.74 Å². The molecule has 0 aliphatic carbocycles. The van der Waals surface area contributed by atoms with E-state index in [-0.39, 0.29) is 23.9 Å². The third-order valence-corrected chi connectivity index (χ3v) is 5.41. The molecule has 0 radical (unpaired) electrons. The molecule has 27 heavy (non-hydrogen) atoms. The zero-order valence-electron chi connectivity index (χ0n) is 16.6. The Balaban J connectivity index is 1.91. The highest BCUT2D eigenvalue weighted by molar-refractivity contribution is 6.02. The van der Waals surface area contributed by atoms with E-state index in [1.807, 2.05) is 25.1 Å². The quantitative estimate of drug-likeness (QED) is 0.857. The molecule has 1 aliphatic rings. The third-order valence-electron chi connectivity index (χ3n) is 5.41. The molecule has 1 aromatic carbocycles. The Hall–Kier alpha value is -2.54. The van der Waals surface area contributed by atoms with E-state index in [9.17, 15) is 9.59 Å². The van der Waals surface area contributed by atoms with Gasteiger partial charge < -0.3 is 19.9 Å². The molecule has 3 rings (SSSR count). The zero-order chi connectivity index (χ0) is 19.7. The van der Waals surface area contributed by atoms with Crippen molar-refractivity contribution in [3.05, 3.63) is 29.5 Å². The Bertz CT molecular complexity index is 858. The Morgan fingerprint density at radius 2 is 2.04 bits per heavy atom. The van der Waals surface area contributed by atoms with Crippen molar-refractivity contribution in [3.63, 3.8) is 0 Å². The number of amides is 2. The number of rotatable bonds is 4. The number of fused-ring (bicyclic) bond motifs is 1. The van der Waals surface area contributed by atoms with Crippen LogP contribution in [0.3, 0.4) is 0 Å². The Kier molecular flexibility index (Phi) is 5.41. The molecule has 2 N–H and O–H groups in total. The number of aromatic nitrogens is 1. The molecule has 2 heterocycles. The summed E-state index contributed by atoms with van der Waals surface area (Å²) in [6, 6.07) is 5.66. The van der Waals surface area contributed by atoms with E-state index >= 15 is 0 Å². The van der Waals surface area contributed by atoms with Crippen LogP contribution in [0.1, 0.15) is 29.9 Å². The van der Waals surface area contributed by atoms with Crippen LogP contribution in [0.25, 0.3) is 10.9 Å². The third kappa shape index (κ3) is 3.39. The number of likely N-dealkylation sites (N-methyl/N-ethyl adjacent to an activating group) is 1. The van der Waals surface area contributed by atoms with Gasteiger partial charge in [0.15, 0.2) is 0 Å². The first kappa shape index (κ1) is 19.2. The molecule has 0 spiro atoms. The Labute approximate surface area is 159 Å². The smallest absolute Gasteiger partial charge is 0.270 e. The molecule has 1 aromatic heterocycles. The fraction of sp³-hybridized carbons (Fsp3) is 0.500. The minimum Gasteiger partial charge on any atom is -0.495 e. The molecule has 1 aliphatic heterocycles. The lowest BCUT2D eigenvalue weighted by Crippen LogP contribution is -2.61. The molecule has 2 amide bonds. The number of hydrogen-bond donors (Lipinski definition) is 2. The number of piperazine rings is 1. The van der Waals surface area contributed by atoms with E-state index < -0.39 is 0 Å². The molecule has 2 aromatic rings. The molecule has 146 valence electrons. The normalized spacial score (nSPS) is 18.1. The van der Waals surface area contributed by atoms with Crippen molar-refractivity contribution >= 4 is 22.7 Å². The fourth-order valence-electron chi connectivity index (χ4n) is 3.87. The number of hydrogen-bond acceptors (Lipinski definition) is 4. The standard InChI is InChI=1S/C20H28N4O3/c1-12(2)24-10-9-23(11-15(24)19(25)21-4)20(26)17-13(3)14-7-6-8-16(27-5)18(14)22-17/h6-8,12,15,22H,9-11H2,1-5H3,(H,21,25). The largest absolute Gasteiger partial charge is 0.495 e. The van der Waals surface area contributed by atoms with E-state index in [0.29, 0.717) is 31.1 Å². The number of benzene rings is 1. The van der Waals surface area contributed by atoms with Crippen LogP contribution in [0.4, 0.5) is 0 Å². The second-order valence-electron chi connectivity index (χ2n) is 7.22. The minimum atomic E-state index is -0.341. The summed E-state index contributed by atoms with van der Waals surface area (Å²) in [6.07, 6.45) is 0. The number of methoxy groups -OCH3 is 1. The zero-order valence-corrected chi connectivity index (χ0v) is 16.6. The van der Waals surface area contributed by atoms with Crippen LogP contribution in [0, 0.1) is 6.92 Å². The maximum Gasteiger partial charge on any atom is 0.270 e. The van der Waals surface area contributed by atoms with Crippen molar-refractivity contribution in [1.82, 2.24) is 20.1 Å². The molecule has 7 nitrogen and oxygen atoms in total. The van der Waals surface area contributed by atoms with Gasteiger partial charge in [-0.3, -0.25) is 14.5 Å². The van der Waals surface area contributed by atoms with E-state index in [1.54, 1.807) is 19.1 Å². The lowest BCUT2D eigenvalue weighted by Gasteiger charge is -2.42. The summed E-state index contributed by atoms with van der Waals surface area (Å²) in [5, 5.41) is 3.70. The Morgan fingerprint density at radius 3 is 2.67 bits per heavy atom. The van der Waals surface area contributed by atoms with Crippen LogP contribution in [-0.2, 0) is 4.79 Å². The number of carbonyl (C=O) groups is 2. The first-order chi connectivity index (χ1) is 12.9. The summed E-state index contributed by atoms with van der Waals surface area (Å²) >= 11 is 0. The maximum absolute atomic E-state index is 13.2. The number of H-pyrrole nitrogens is 1. The van der Waals surface area contributed by atoms with Gasteiger partial charge in [-0.25, -0.2) is 0 Å². The summed E-state index contributed by atoms with van der Waals surface area (Å²) in [5.74, 6) is 0.571. The first-order valence-electron chi connectivity index (χ1n) is 9.30. The molecular formula is C20H28N4O3. The first-order valence-corrected chi connectivity index (χ1v) is 9.30. The Morgan fingerprint density at radius 1 is 1.30 bits per heavy atom. The predicted molar refractivity (Wildman–Crippen MR) is 105 cm³/mol.